The van der Waals surface area contributed by atoms with Gasteiger partial charge >= 0.3 is 0 Å². The van der Waals surface area contributed by atoms with Crippen LogP contribution in [0.15, 0.2) is 42.6 Å². The molecule has 1 aromatic carbocycles. The first-order valence-corrected chi connectivity index (χ1v) is 8.91. The molecule has 2 heterocycles. The number of rotatable bonds is 7. The maximum atomic E-state index is 12.0. The van der Waals surface area contributed by atoms with Crippen LogP contribution < -0.4 is 15.0 Å². The van der Waals surface area contributed by atoms with Gasteiger partial charge in [-0.15, -0.1) is 0 Å². The lowest BCUT2D eigenvalue weighted by molar-refractivity contribution is -0.116. The Morgan fingerprint density at radius 1 is 1.16 bits per heavy atom. The summed E-state index contributed by atoms with van der Waals surface area (Å²) in [4.78, 5) is 18.7. The van der Waals surface area contributed by atoms with Crippen LogP contribution >= 0.6 is 0 Å². The van der Waals surface area contributed by atoms with E-state index in [0.29, 0.717) is 19.4 Å². The molecule has 1 saturated heterocycles. The molecule has 0 bridgehead atoms. The number of carbonyl (C=O) groups is 1. The molecule has 0 spiro atoms. The van der Waals surface area contributed by atoms with Gasteiger partial charge in [-0.05, 0) is 50.5 Å². The number of nitrogens with one attached hydrogen (secondary N) is 1. The number of pyridine rings is 1. The number of nitrogens with zero attached hydrogens (tertiary/aromatic N) is 2. The van der Waals surface area contributed by atoms with E-state index >= 15 is 0 Å². The summed E-state index contributed by atoms with van der Waals surface area (Å²) in [6, 6.07) is 11.8. The monoisotopic (exact) mass is 339 g/mol. The minimum Gasteiger partial charge on any atom is -0.494 e. The third-order valence-electron chi connectivity index (χ3n) is 4.30. The van der Waals surface area contributed by atoms with Gasteiger partial charge in [0.15, 0.2) is 0 Å². The van der Waals surface area contributed by atoms with E-state index in [-0.39, 0.29) is 5.91 Å². The number of amides is 1. The Balaban J connectivity index is 1.37. The lowest BCUT2D eigenvalue weighted by atomic mass is 10.2. The third kappa shape index (κ3) is 5.21. The van der Waals surface area contributed by atoms with E-state index in [1.165, 1.54) is 18.4 Å². The Hall–Kier alpha value is -2.56. The predicted octanol–water partition coefficient (Wildman–Crippen LogP) is 3.79. The van der Waals surface area contributed by atoms with Crippen molar-refractivity contribution in [2.45, 2.75) is 32.6 Å². The van der Waals surface area contributed by atoms with Gasteiger partial charge < -0.3 is 15.0 Å². The Morgan fingerprint density at radius 2 is 1.92 bits per heavy atom. The highest BCUT2D eigenvalue weighted by atomic mass is 16.5. The van der Waals surface area contributed by atoms with Crippen molar-refractivity contribution < 1.29 is 9.53 Å². The van der Waals surface area contributed by atoms with E-state index in [4.69, 9.17) is 4.74 Å². The van der Waals surface area contributed by atoms with Gasteiger partial charge in [0, 0.05) is 19.5 Å². The zero-order valence-electron chi connectivity index (χ0n) is 14.7. The summed E-state index contributed by atoms with van der Waals surface area (Å²) in [5.41, 5.74) is 1.95. The molecule has 0 radical (unpaired) electrons. The Labute approximate surface area is 149 Å². The van der Waals surface area contributed by atoms with E-state index in [1.54, 1.807) is 6.20 Å². The lowest BCUT2D eigenvalue weighted by Crippen LogP contribution is -2.19. The second-order valence-electron chi connectivity index (χ2n) is 6.41. The van der Waals surface area contributed by atoms with Crippen LogP contribution in [0, 0.1) is 6.92 Å². The third-order valence-corrected chi connectivity index (χ3v) is 4.30. The first kappa shape index (κ1) is 17.3. The summed E-state index contributed by atoms with van der Waals surface area (Å²) in [6.45, 7) is 4.71. The zero-order chi connectivity index (χ0) is 17.5. The van der Waals surface area contributed by atoms with Gasteiger partial charge in [-0.1, -0.05) is 17.7 Å². The van der Waals surface area contributed by atoms with E-state index in [0.717, 1.165) is 30.3 Å². The van der Waals surface area contributed by atoms with Crippen LogP contribution in [0.5, 0.6) is 5.75 Å². The molecule has 1 N–H and O–H groups in total. The van der Waals surface area contributed by atoms with Crippen molar-refractivity contribution in [3.8, 4) is 5.75 Å². The van der Waals surface area contributed by atoms with Crippen LogP contribution in [0.25, 0.3) is 0 Å². The van der Waals surface area contributed by atoms with Crippen LogP contribution in [0.2, 0.25) is 0 Å². The minimum absolute atomic E-state index is 0.0109. The van der Waals surface area contributed by atoms with Crippen molar-refractivity contribution in [2.24, 2.45) is 0 Å². The summed E-state index contributed by atoms with van der Waals surface area (Å²) in [6.07, 6.45) is 5.29. The van der Waals surface area contributed by atoms with Crippen LogP contribution in [0.3, 0.4) is 0 Å². The van der Waals surface area contributed by atoms with Crippen LogP contribution in [0.1, 0.15) is 31.2 Å². The second kappa shape index (κ2) is 8.51. The van der Waals surface area contributed by atoms with E-state index in [2.05, 4.69) is 15.2 Å². The fourth-order valence-corrected chi connectivity index (χ4v) is 2.87. The van der Waals surface area contributed by atoms with Gasteiger partial charge in [-0.2, -0.15) is 0 Å². The van der Waals surface area contributed by atoms with Crippen LogP contribution in [-0.2, 0) is 4.79 Å². The van der Waals surface area contributed by atoms with Gasteiger partial charge in [-0.25, -0.2) is 4.98 Å². The molecule has 5 nitrogen and oxygen atoms in total. The molecule has 2 aromatic rings. The molecule has 132 valence electrons. The molecule has 0 saturated carbocycles. The smallest absolute Gasteiger partial charge is 0.224 e. The molecular weight excluding hydrogens is 314 g/mol. The van der Waals surface area contributed by atoms with Crippen molar-refractivity contribution >= 4 is 17.4 Å². The Bertz CT molecular complexity index is 677. The molecular formula is C20H25N3O2. The number of aromatic nitrogens is 1. The first-order chi connectivity index (χ1) is 12.2. The molecule has 1 amide bonds. The largest absolute Gasteiger partial charge is 0.494 e. The number of hydrogen-bond donors (Lipinski definition) is 1. The number of hydrogen-bond acceptors (Lipinski definition) is 4. The number of anilines is 2. The van der Waals surface area contributed by atoms with Gasteiger partial charge in [-0.3, -0.25) is 4.79 Å². The highest BCUT2D eigenvalue weighted by Crippen LogP contribution is 2.19. The topological polar surface area (TPSA) is 54.5 Å². The maximum Gasteiger partial charge on any atom is 0.224 e. The number of ether oxygens (including phenoxy) is 1. The molecule has 1 fully saturated rings. The van der Waals surface area contributed by atoms with Crippen molar-refractivity contribution in [3.05, 3.63) is 48.2 Å². The summed E-state index contributed by atoms with van der Waals surface area (Å²) >= 11 is 0. The van der Waals surface area contributed by atoms with Crippen molar-refractivity contribution in [1.82, 2.24) is 4.98 Å². The highest BCUT2D eigenvalue weighted by Gasteiger charge is 2.13. The number of carbonyl (C=O) groups excluding carboxylic acids is 1. The Morgan fingerprint density at radius 3 is 2.60 bits per heavy atom. The molecule has 3 rings (SSSR count). The van der Waals surface area contributed by atoms with E-state index in [9.17, 15) is 4.79 Å². The molecule has 1 aliphatic heterocycles. The van der Waals surface area contributed by atoms with E-state index < -0.39 is 0 Å². The van der Waals surface area contributed by atoms with Gasteiger partial charge in [0.05, 0.1) is 18.5 Å². The van der Waals surface area contributed by atoms with E-state index in [1.807, 2.05) is 43.3 Å². The summed E-state index contributed by atoms with van der Waals surface area (Å²) < 4.78 is 5.64. The van der Waals surface area contributed by atoms with Crippen molar-refractivity contribution in [1.29, 1.82) is 0 Å². The van der Waals surface area contributed by atoms with Crippen molar-refractivity contribution in [3.63, 3.8) is 0 Å². The summed E-state index contributed by atoms with van der Waals surface area (Å²) in [5, 5.41) is 2.89. The molecule has 0 unspecified atom stereocenters. The first-order valence-electron chi connectivity index (χ1n) is 8.91. The molecule has 0 aliphatic carbocycles. The molecule has 1 aliphatic rings. The van der Waals surface area contributed by atoms with Gasteiger partial charge in [0.1, 0.15) is 11.6 Å². The predicted molar refractivity (Wildman–Crippen MR) is 100 cm³/mol. The molecule has 25 heavy (non-hydrogen) atoms. The maximum absolute atomic E-state index is 12.0. The number of benzene rings is 1. The van der Waals surface area contributed by atoms with Gasteiger partial charge in [0.25, 0.3) is 0 Å². The second-order valence-corrected chi connectivity index (χ2v) is 6.41. The zero-order valence-corrected chi connectivity index (χ0v) is 14.7. The quantitative estimate of drug-likeness (QED) is 0.780. The average molecular weight is 339 g/mol. The SMILES string of the molecule is Cc1ccc(OCCCC(=O)Nc2ccc(N3CCCC3)nc2)cc1. The lowest BCUT2D eigenvalue weighted by Gasteiger charge is -2.16. The summed E-state index contributed by atoms with van der Waals surface area (Å²) in [5.74, 6) is 1.82. The fourth-order valence-electron chi connectivity index (χ4n) is 2.87. The summed E-state index contributed by atoms with van der Waals surface area (Å²) in [7, 11) is 0. The standard InChI is InChI=1S/C20H25N3O2/c1-16-6-9-18(10-7-16)25-14-4-5-20(24)22-17-8-11-19(21-15-17)23-12-2-3-13-23/h6-11,15H,2-5,12-14H2,1H3,(H,22,24). The Kier molecular flexibility index (Phi) is 5.88. The molecule has 1 aromatic heterocycles. The van der Waals surface area contributed by atoms with Gasteiger partial charge in [0.2, 0.25) is 5.91 Å². The normalized spacial score (nSPS) is 13.7. The van der Waals surface area contributed by atoms with Crippen molar-refractivity contribution in [2.75, 3.05) is 29.9 Å². The van der Waals surface area contributed by atoms with Crippen LogP contribution in [0.4, 0.5) is 11.5 Å². The number of aryl methyl sites for hydroxylation is 1. The average Bonchev–Trinajstić information content (AvgIpc) is 3.15. The highest BCUT2D eigenvalue weighted by molar-refractivity contribution is 5.90. The molecule has 5 heteroatoms. The van der Waals surface area contributed by atoms with Crippen LogP contribution in [-0.4, -0.2) is 30.6 Å². The minimum atomic E-state index is -0.0109. The fraction of sp³-hybridized carbons (Fsp3) is 0.400. The molecule has 0 atom stereocenters.